The minimum Gasteiger partial charge on any atom is -0.323 e. The molecule has 2 heterocycles. The number of hydrogen-bond donors (Lipinski definition) is 1. The smallest absolute Gasteiger partial charge is 0.260 e. The number of imidazole rings is 1. The van der Waals surface area contributed by atoms with Crippen molar-refractivity contribution in [1.82, 2.24) is 14.1 Å². The minimum absolute atomic E-state index is 0.178. The van der Waals surface area contributed by atoms with Crippen LogP contribution in [-0.4, -0.2) is 19.8 Å². The Hall–Kier alpha value is -4.00. The summed E-state index contributed by atoms with van der Waals surface area (Å²) in [7, 11) is 0. The number of rotatable bonds is 6. The molecule has 2 aromatic carbocycles. The van der Waals surface area contributed by atoms with E-state index in [1.54, 1.807) is 23.0 Å². The topological polar surface area (TPSA) is 78.2 Å². The molecule has 2 aromatic heterocycles. The molecule has 1 aliphatic carbocycles. The maximum absolute atomic E-state index is 13.7. The first-order valence-corrected chi connectivity index (χ1v) is 11.8. The lowest BCUT2D eigenvalue weighted by Gasteiger charge is -2.19. The van der Waals surface area contributed by atoms with Crippen molar-refractivity contribution in [2.75, 3.05) is 0 Å². The molecule has 7 heteroatoms. The van der Waals surface area contributed by atoms with Crippen LogP contribution in [0.4, 0.5) is 4.39 Å². The minimum atomic E-state index is -0.303. The Bertz CT molecular complexity index is 1480. The summed E-state index contributed by atoms with van der Waals surface area (Å²) in [6.07, 6.45) is 7.87. The van der Waals surface area contributed by atoms with Gasteiger partial charge in [-0.25, -0.2) is 9.37 Å². The largest absolute Gasteiger partial charge is 0.323 e. The van der Waals surface area contributed by atoms with Gasteiger partial charge in [0.15, 0.2) is 0 Å². The van der Waals surface area contributed by atoms with Crippen molar-refractivity contribution in [2.24, 2.45) is 10.9 Å². The van der Waals surface area contributed by atoms with Crippen molar-refractivity contribution in [3.63, 3.8) is 0 Å². The molecule has 178 valence electrons. The second-order valence-corrected chi connectivity index (χ2v) is 9.30. The van der Waals surface area contributed by atoms with Crippen LogP contribution in [-0.2, 0) is 0 Å². The third-order valence-electron chi connectivity index (χ3n) is 6.73. The third kappa shape index (κ3) is 4.41. The maximum Gasteiger partial charge on any atom is 0.260 e. The van der Waals surface area contributed by atoms with Gasteiger partial charge >= 0.3 is 0 Å². The van der Waals surface area contributed by atoms with Gasteiger partial charge in [0.1, 0.15) is 11.5 Å². The van der Waals surface area contributed by atoms with Crippen molar-refractivity contribution < 1.29 is 4.39 Å². The van der Waals surface area contributed by atoms with Gasteiger partial charge in [-0.05, 0) is 86.6 Å². The van der Waals surface area contributed by atoms with Crippen molar-refractivity contribution >= 4 is 5.71 Å². The number of hydrazone groups is 1. The fourth-order valence-electron chi connectivity index (χ4n) is 4.57. The molecule has 0 bridgehead atoms. The highest BCUT2D eigenvalue weighted by molar-refractivity contribution is 6.12. The molecule has 6 nitrogen and oxygen atoms in total. The van der Waals surface area contributed by atoms with E-state index >= 15 is 0 Å². The fourth-order valence-corrected chi connectivity index (χ4v) is 4.57. The molecule has 4 aromatic rings. The van der Waals surface area contributed by atoms with Crippen LogP contribution < -0.4 is 11.4 Å². The summed E-state index contributed by atoms with van der Waals surface area (Å²) >= 11 is 0. The molecule has 0 amide bonds. The Morgan fingerprint density at radius 2 is 1.86 bits per heavy atom. The molecular weight excluding hydrogens is 441 g/mol. The zero-order valence-electron chi connectivity index (χ0n) is 20.1. The van der Waals surface area contributed by atoms with Gasteiger partial charge in [-0.3, -0.25) is 4.79 Å². The van der Waals surface area contributed by atoms with E-state index in [4.69, 9.17) is 5.84 Å². The molecule has 0 spiro atoms. The van der Waals surface area contributed by atoms with Crippen LogP contribution in [0, 0.1) is 19.7 Å². The number of pyridine rings is 1. The zero-order valence-corrected chi connectivity index (χ0v) is 20.1. The maximum atomic E-state index is 13.7. The predicted octanol–water partition coefficient (Wildman–Crippen LogP) is 4.99. The van der Waals surface area contributed by atoms with Gasteiger partial charge in [0.2, 0.25) is 0 Å². The molecule has 0 saturated heterocycles. The molecule has 1 atom stereocenters. The lowest BCUT2D eigenvalue weighted by atomic mass is 9.98. The Balaban J connectivity index is 1.59. The van der Waals surface area contributed by atoms with E-state index in [1.807, 2.05) is 62.0 Å². The SMILES string of the molecule is Cc1cn(-c2ccc(/C(=N\N)c3cc(C4CC4)cn(C(C)c4ccc(F)cc4)c3=O)cc2C)cn1. The van der Waals surface area contributed by atoms with Crippen LogP contribution in [0.1, 0.15) is 65.2 Å². The standard InChI is InChI=1S/C28H28FN5O/c1-17-12-22(8-11-26(17)33-14-18(2)31-16-33)27(32-30)25-13-23(21-4-5-21)15-34(28(25)35)19(3)20-6-9-24(29)10-7-20/h6-16,19,21H,4-5,30H2,1-3H3/b32-27+. The van der Waals surface area contributed by atoms with E-state index in [-0.39, 0.29) is 17.4 Å². The van der Waals surface area contributed by atoms with Crippen LogP contribution in [0.2, 0.25) is 0 Å². The van der Waals surface area contributed by atoms with Crippen LogP contribution in [0.25, 0.3) is 5.69 Å². The van der Waals surface area contributed by atoms with E-state index in [1.165, 1.54) is 12.1 Å². The molecule has 1 saturated carbocycles. The van der Waals surface area contributed by atoms with Crippen molar-refractivity contribution in [2.45, 2.75) is 45.6 Å². The summed E-state index contributed by atoms with van der Waals surface area (Å²) in [5.41, 5.74) is 6.42. The highest BCUT2D eigenvalue weighted by Crippen LogP contribution is 2.40. The van der Waals surface area contributed by atoms with Crippen molar-refractivity contribution in [3.05, 3.63) is 117 Å². The van der Waals surface area contributed by atoms with Gasteiger partial charge in [0.05, 0.1) is 23.6 Å². The van der Waals surface area contributed by atoms with Crippen LogP contribution in [0.3, 0.4) is 0 Å². The number of halogens is 1. The van der Waals surface area contributed by atoms with Gasteiger partial charge in [0, 0.05) is 23.6 Å². The number of nitrogens with two attached hydrogens (primary N) is 1. The quantitative estimate of drug-likeness (QED) is 0.246. The van der Waals surface area contributed by atoms with E-state index in [0.717, 1.165) is 46.5 Å². The van der Waals surface area contributed by atoms with Crippen LogP contribution >= 0.6 is 0 Å². The number of hydrogen-bond acceptors (Lipinski definition) is 4. The second-order valence-electron chi connectivity index (χ2n) is 9.30. The summed E-state index contributed by atoms with van der Waals surface area (Å²) in [6, 6.07) is 13.8. The van der Waals surface area contributed by atoms with Crippen LogP contribution in [0.15, 0.2) is 77.1 Å². The lowest BCUT2D eigenvalue weighted by molar-refractivity contribution is 0.600. The first-order chi connectivity index (χ1) is 16.9. The van der Waals surface area contributed by atoms with E-state index < -0.39 is 0 Å². The summed E-state index contributed by atoms with van der Waals surface area (Å²) in [6.45, 7) is 5.91. The van der Waals surface area contributed by atoms with Gasteiger partial charge < -0.3 is 15.0 Å². The third-order valence-corrected chi connectivity index (χ3v) is 6.73. The molecular formula is C28H28FN5O. The summed E-state index contributed by atoms with van der Waals surface area (Å²) in [4.78, 5) is 18.0. The van der Waals surface area contributed by atoms with Crippen LogP contribution in [0.5, 0.6) is 0 Å². The Morgan fingerprint density at radius 3 is 2.46 bits per heavy atom. The van der Waals surface area contributed by atoms with Gasteiger partial charge in [0.25, 0.3) is 5.56 Å². The first-order valence-electron chi connectivity index (χ1n) is 11.8. The molecule has 35 heavy (non-hydrogen) atoms. The molecule has 1 aliphatic rings. The number of aryl methyl sites for hydroxylation is 2. The van der Waals surface area contributed by atoms with Crippen molar-refractivity contribution in [1.29, 1.82) is 0 Å². The normalized spacial score (nSPS) is 14.8. The highest BCUT2D eigenvalue weighted by atomic mass is 19.1. The summed E-state index contributed by atoms with van der Waals surface area (Å²) in [5.74, 6) is 6.01. The number of benzene rings is 2. The second kappa shape index (κ2) is 8.98. The zero-order chi connectivity index (χ0) is 24.7. The summed E-state index contributed by atoms with van der Waals surface area (Å²) in [5, 5.41) is 4.08. The summed E-state index contributed by atoms with van der Waals surface area (Å²) < 4.78 is 17.2. The molecule has 2 N–H and O–H groups in total. The fraction of sp³-hybridized carbons (Fsp3) is 0.250. The van der Waals surface area contributed by atoms with Gasteiger partial charge in [-0.15, -0.1) is 0 Å². The first kappa shape index (κ1) is 22.8. The van der Waals surface area contributed by atoms with E-state index in [9.17, 15) is 9.18 Å². The molecule has 0 radical (unpaired) electrons. The lowest BCUT2D eigenvalue weighted by Crippen LogP contribution is -2.30. The molecule has 5 rings (SSSR count). The Labute approximate surface area is 203 Å². The molecule has 1 fully saturated rings. The predicted molar refractivity (Wildman–Crippen MR) is 136 cm³/mol. The Kier molecular flexibility index (Phi) is 5.84. The van der Waals surface area contributed by atoms with Gasteiger partial charge in [-0.2, -0.15) is 5.10 Å². The van der Waals surface area contributed by atoms with E-state index in [0.29, 0.717) is 17.2 Å². The Morgan fingerprint density at radius 1 is 1.11 bits per heavy atom. The average molecular weight is 470 g/mol. The monoisotopic (exact) mass is 469 g/mol. The molecule has 0 aliphatic heterocycles. The molecule has 1 unspecified atom stereocenters. The van der Waals surface area contributed by atoms with Gasteiger partial charge in [-0.1, -0.05) is 18.2 Å². The highest BCUT2D eigenvalue weighted by Gasteiger charge is 2.27. The number of nitrogens with zero attached hydrogens (tertiary/aromatic N) is 4. The average Bonchev–Trinajstić information content (AvgIpc) is 3.61. The van der Waals surface area contributed by atoms with Crippen molar-refractivity contribution in [3.8, 4) is 5.69 Å². The van der Waals surface area contributed by atoms with E-state index in [2.05, 4.69) is 10.1 Å². The number of aromatic nitrogens is 3.